The highest BCUT2D eigenvalue weighted by molar-refractivity contribution is 7.91. The number of ether oxygens (including phenoxy) is 2. The van der Waals surface area contributed by atoms with Gasteiger partial charge in [-0.05, 0) is 24.3 Å². The molecule has 0 saturated carbocycles. The van der Waals surface area contributed by atoms with Gasteiger partial charge in [0.2, 0.25) is 0 Å². The van der Waals surface area contributed by atoms with Crippen LogP contribution in [0.15, 0.2) is 21.7 Å². The quantitative estimate of drug-likeness (QED) is 0.706. The van der Waals surface area contributed by atoms with Gasteiger partial charge in [-0.1, -0.05) is 6.07 Å². The minimum absolute atomic E-state index is 0.0962. The molecule has 1 aromatic rings. The van der Waals surface area contributed by atoms with Crippen LogP contribution in [-0.4, -0.2) is 75.6 Å². The molecule has 0 radical (unpaired) electrons. The maximum atomic E-state index is 12.7. The van der Waals surface area contributed by atoms with Gasteiger partial charge in [0.25, 0.3) is 10.0 Å². The van der Waals surface area contributed by atoms with E-state index in [1.54, 1.807) is 17.5 Å². The summed E-state index contributed by atoms with van der Waals surface area (Å²) < 4.78 is 38.2. The maximum Gasteiger partial charge on any atom is 0.312 e. The number of piperidine rings is 1. The molecule has 0 amide bonds. The lowest BCUT2D eigenvalue weighted by Crippen LogP contribution is -2.45. The molecule has 144 valence electrons. The van der Waals surface area contributed by atoms with Gasteiger partial charge in [0.05, 0.1) is 18.6 Å². The first-order valence-corrected chi connectivity index (χ1v) is 11.4. The van der Waals surface area contributed by atoms with Gasteiger partial charge in [-0.25, -0.2) is 8.42 Å². The van der Waals surface area contributed by atoms with Crippen molar-refractivity contribution in [1.29, 1.82) is 0 Å². The van der Waals surface area contributed by atoms with Crippen molar-refractivity contribution in [3.8, 4) is 0 Å². The molecule has 4 heterocycles. The second-order valence-corrected chi connectivity index (χ2v) is 10.4. The number of thiophene rings is 1. The standard InChI is InChI=1S/C17H24N2O5S2/c20-16-17(12-14(24-16)13-18-7-9-23-10-8-18)3-5-19(6-4-17)26(21,22)15-2-1-11-25-15/h1-2,11,14H,3-10,12-13H2. The van der Waals surface area contributed by atoms with Crippen LogP contribution >= 0.6 is 11.3 Å². The molecular formula is C17H24N2O5S2. The number of rotatable bonds is 4. The van der Waals surface area contributed by atoms with Gasteiger partial charge in [-0.2, -0.15) is 4.31 Å². The summed E-state index contributed by atoms with van der Waals surface area (Å²) in [7, 11) is -3.44. The first-order valence-electron chi connectivity index (χ1n) is 9.04. The van der Waals surface area contributed by atoms with Crippen molar-refractivity contribution in [3.05, 3.63) is 17.5 Å². The zero-order chi connectivity index (χ0) is 18.2. The number of carbonyl (C=O) groups is 1. The molecule has 4 rings (SSSR count). The van der Waals surface area contributed by atoms with Gasteiger partial charge in [-0.15, -0.1) is 11.3 Å². The van der Waals surface area contributed by atoms with Crippen molar-refractivity contribution in [3.63, 3.8) is 0 Å². The lowest BCUT2D eigenvalue weighted by molar-refractivity contribution is -0.151. The van der Waals surface area contributed by atoms with Crippen LogP contribution in [0.2, 0.25) is 0 Å². The van der Waals surface area contributed by atoms with E-state index in [0.717, 1.165) is 32.8 Å². The van der Waals surface area contributed by atoms with Crippen LogP contribution in [0.25, 0.3) is 0 Å². The van der Waals surface area contributed by atoms with Crippen molar-refractivity contribution in [2.45, 2.75) is 29.6 Å². The molecule has 9 heteroatoms. The third-order valence-electron chi connectivity index (χ3n) is 5.66. The topological polar surface area (TPSA) is 76.2 Å². The van der Waals surface area contributed by atoms with Gasteiger partial charge in [0.1, 0.15) is 10.3 Å². The van der Waals surface area contributed by atoms with Crippen molar-refractivity contribution in [2.75, 3.05) is 45.9 Å². The molecule has 0 aliphatic carbocycles. The number of hydrogen-bond acceptors (Lipinski definition) is 7. The summed E-state index contributed by atoms with van der Waals surface area (Å²) >= 11 is 1.23. The van der Waals surface area contributed by atoms with E-state index in [9.17, 15) is 13.2 Å². The highest BCUT2D eigenvalue weighted by atomic mass is 32.2. The van der Waals surface area contributed by atoms with Crippen LogP contribution in [0.4, 0.5) is 0 Å². The zero-order valence-electron chi connectivity index (χ0n) is 14.6. The largest absolute Gasteiger partial charge is 0.461 e. The van der Waals surface area contributed by atoms with Gasteiger partial charge >= 0.3 is 5.97 Å². The van der Waals surface area contributed by atoms with Crippen LogP contribution in [0.5, 0.6) is 0 Å². The molecule has 0 bridgehead atoms. The van der Waals surface area contributed by atoms with Crippen LogP contribution in [-0.2, 0) is 24.3 Å². The Morgan fingerprint density at radius 3 is 2.58 bits per heavy atom. The molecule has 1 aromatic heterocycles. The molecule has 0 aromatic carbocycles. The molecule has 0 N–H and O–H groups in total. The Morgan fingerprint density at radius 2 is 1.92 bits per heavy atom. The average Bonchev–Trinajstić information content (AvgIpc) is 3.26. The Labute approximate surface area is 157 Å². The Kier molecular flexibility index (Phi) is 5.08. The molecule has 1 atom stereocenters. The molecular weight excluding hydrogens is 376 g/mol. The lowest BCUT2D eigenvalue weighted by atomic mass is 9.76. The zero-order valence-corrected chi connectivity index (χ0v) is 16.3. The van der Waals surface area contributed by atoms with Gasteiger partial charge in [0.15, 0.2) is 0 Å². The molecule has 3 fully saturated rings. The van der Waals surface area contributed by atoms with Gasteiger partial charge in [-0.3, -0.25) is 9.69 Å². The summed E-state index contributed by atoms with van der Waals surface area (Å²) in [4.78, 5) is 14.8. The maximum absolute atomic E-state index is 12.7. The Morgan fingerprint density at radius 1 is 1.19 bits per heavy atom. The predicted octanol–water partition coefficient (Wildman–Crippen LogP) is 1.17. The number of hydrogen-bond donors (Lipinski definition) is 0. The highest BCUT2D eigenvalue weighted by Crippen LogP contribution is 2.44. The second kappa shape index (κ2) is 7.20. The highest BCUT2D eigenvalue weighted by Gasteiger charge is 2.51. The number of carbonyl (C=O) groups excluding carboxylic acids is 1. The minimum Gasteiger partial charge on any atom is -0.461 e. The second-order valence-electron chi connectivity index (χ2n) is 7.26. The number of nitrogens with zero attached hydrogens (tertiary/aromatic N) is 2. The van der Waals surface area contributed by atoms with Crippen molar-refractivity contribution in [2.24, 2.45) is 5.41 Å². The summed E-state index contributed by atoms with van der Waals surface area (Å²) in [6.07, 6.45) is 1.67. The Bertz CT molecular complexity index is 735. The van der Waals surface area contributed by atoms with E-state index in [2.05, 4.69) is 4.90 Å². The fourth-order valence-corrected chi connectivity index (χ4v) is 6.70. The van der Waals surface area contributed by atoms with E-state index in [-0.39, 0.29) is 12.1 Å². The van der Waals surface area contributed by atoms with E-state index in [1.807, 2.05) is 0 Å². The summed E-state index contributed by atoms with van der Waals surface area (Å²) in [6, 6.07) is 3.38. The fraction of sp³-hybridized carbons (Fsp3) is 0.706. The van der Waals surface area contributed by atoms with Crippen molar-refractivity contribution >= 4 is 27.3 Å². The molecule has 7 nitrogen and oxygen atoms in total. The summed E-state index contributed by atoms with van der Waals surface area (Å²) in [6.45, 7) is 4.68. The first kappa shape index (κ1) is 18.4. The Balaban J connectivity index is 1.38. The van der Waals surface area contributed by atoms with E-state index < -0.39 is 15.4 Å². The molecule has 1 spiro atoms. The first-order chi connectivity index (χ1) is 12.5. The summed E-state index contributed by atoms with van der Waals surface area (Å²) in [5, 5.41) is 1.77. The normalized spacial score (nSPS) is 27.7. The van der Waals surface area contributed by atoms with Gasteiger partial charge in [0, 0.05) is 39.1 Å². The lowest BCUT2D eigenvalue weighted by Gasteiger charge is -2.35. The molecule has 3 aliphatic rings. The van der Waals surface area contributed by atoms with E-state index in [0.29, 0.717) is 36.6 Å². The van der Waals surface area contributed by atoms with Crippen LogP contribution in [0, 0.1) is 5.41 Å². The smallest absolute Gasteiger partial charge is 0.312 e. The average molecular weight is 401 g/mol. The van der Waals surface area contributed by atoms with Crippen LogP contribution < -0.4 is 0 Å². The predicted molar refractivity (Wildman–Crippen MR) is 96.5 cm³/mol. The number of morpholine rings is 1. The van der Waals surface area contributed by atoms with Crippen LogP contribution in [0.1, 0.15) is 19.3 Å². The summed E-state index contributed by atoms with van der Waals surface area (Å²) in [5.74, 6) is -0.149. The molecule has 3 aliphatic heterocycles. The molecule has 3 saturated heterocycles. The Hall–Kier alpha value is -1.00. The van der Waals surface area contributed by atoms with Crippen molar-refractivity contribution in [1.82, 2.24) is 9.21 Å². The number of esters is 1. The van der Waals surface area contributed by atoms with E-state index in [1.165, 1.54) is 15.6 Å². The molecule has 26 heavy (non-hydrogen) atoms. The van der Waals surface area contributed by atoms with E-state index in [4.69, 9.17) is 9.47 Å². The number of sulfonamides is 1. The third-order valence-corrected chi connectivity index (χ3v) is 8.93. The van der Waals surface area contributed by atoms with E-state index >= 15 is 0 Å². The van der Waals surface area contributed by atoms with Gasteiger partial charge < -0.3 is 9.47 Å². The third kappa shape index (κ3) is 3.43. The monoisotopic (exact) mass is 400 g/mol. The fourth-order valence-electron chi connectivity index (χ4n) is 4.11. The number of cyclic esters (lactones) is 1. The molecule has 1 unspecified atom stereocenters. The van der Waals surface area contributed by atoms with Crippen molar-refractivity contribution < 1.29 is 22.7 Å². The SMILES string of the molecule is O=C1OC(CN2CCOCC2)CC12CCN(S(=O)(=O)c1cccs1)CC2. The minimum atomic E-state index is -3.44. The van der Waals surface area contributed by atoms with Crippen LogP contribution in [0.3, 0.4) is 0 Å². The summed E-state index contributed by atoms with van der Waals surface area (Å²) in [5.41, 5.74) is -0.515.